The lowest BCUT2D eigenvalue weighted by molar-refractivity contribution is 0.357. The molecule has 0 spiro atoms. The van der Waals surface area contributed by atoms with E-state index in [1.165, 1.54) is 16.7 Å². The first kappa shape index (κ1) is 12.6. The van der Waals surface area contributed by atoms with Crippen LogP contribution >= 0.6 is 0 Å². The summed E-state index contributed by atoms with van der Waals surface area (Å²) in [4.78, 5) is 0. The molecule has 3 nitrogen and oxygen atoms in total. The zero-order chi connectivity index (χ0) is 14.2. The molecule has 1 unspecified atom stereocenters. The minimum atomic E-state index is 0.328. The third kappa shape index (κ3) is 2.33. The van der Waals surface area contributed by atoms with Crippen molar-refractivity contribution in [3.63, 3.8) is 0 Å². The van der Waals surface area contributed by atoms with Crippen molar-refractivity contribution in [2.45, 2.75) is 31.7 Å². The second-order valence-corrected chi connectivity index (χ2v) is 5.89. The second kappa shape index (κ2) is 4.99. The van der Waals surface area contributed by atoms with Crippen LogP contribution in [0, 0.1) is 0 Å². The molecule has 1 aliphatic heterocycles. The molecule has 2 aliphatic rings. The number of aromatic hydroxyl groups is 1. The van der Waals surface area contributed by atoms with Crippen molar-refractivity contribution in [3.8, 4) is 11.5 Å². The van der Waals surface area contributed by atoms with Crippen molar-refractivity contribution in [1.82, 2.24) is 0 Å². The van der Waals surface area contributed by atoms with Gasteiger partial charge in [-0.3, -0.25) is 0 Å². The van der Waals surface area contributed by atoms with Crippen LogP contribution in [-0.4, -0.2) is 11.7 Å². The minimum absolute atomic E-state index is 0.328. The summed E-state index contributed by atoms with van der Waals surface area (Å²) in [5.74, 6) is 1.39. The Morgan fingerprint density at radius 3 is 2.95 bits per heavy atom. The monoisotopic (exact) mass is 281 g/mol. The Morgan fingerprint density at radius 1 is 1.05 bits per heavy atom. The molecule has 1 heterocycles. The van der Waals surface area contributed by atoms with Gasteiger partial charge in [-0.15, -0.1) is 0 Å². The Kier molecular flexibility index (Phi) is 2.99. The highest BCUT2D eigenvalue weighted by atomic mass is 16.5. The van der Waals surface area contributed by atoms with E-state index in [9.17, 15) is 5.11 Å². The van der Waals surface area contributed by atoms with Gasteiger partial charge in [-0.25, -0.2) is 0 Å². The molecule has 4 rings (SSSR count). The Bertz CT molecular complexity index is 681. The number of phenols is 1. The molecule has 2 aromatic rings. The molecule has 0 radical (unpaired) electrons. The maximum atomic E-state index is 9.64. The molecule has 2 aromatic carbocycles. The number of phenolic OH excluding ortho intramolecular Hbond substituents is 1. The second-order valence-electron chi connectivity index (χ2n) is 5.89. The molecular weight excluding hydrogens is 262 g/mol. The summed E-state index contributed by atoms with van der Waals surface area (Å²) in [6, 6.07) is 12.4. The smallest absolute Gasteiger partial charge is 0.122 e. The summed E-state index contributed by atoms with van der Waals surface area (Å²) in [6.45, 7) is 0.796. The van der Waals surface area contributed by atoms with Crippen LogP contribution in [-0.2, 0) is 12.8 Å². The van der Waals surface area contributed by atoms with E-state index < -0.39 is 0 Å². The van der Waals surface area contributed by atoms with Gasteiger partial charge in [0, 0.05) is 12.1 Å². The van der Waals surface area contributed by atoms with Gasteiger partial charge in [0.05, 0.1) is 12.6 Å². The Hall–Kier alpha value is -2.16. The number of hydrogen-bond acceptors (Lipinski definition) is 3. The van der Waals surface area contributed by atoms with Crippen LogP contribution in [0.2, 0.25) is 0 Å². The molecule has 108 valence electrons. The van der Waals surface area contributed by atoms with Crippen LogP contribution in [0.1, 0.15) is 35.6 Å². The standard InChI is InChI=1S/C18H19NO2/c20-15-5-6-16-12(11-15)2-1-3-17(16)19-14-4-7-18-13(10-14)8-9-21-18/h4-7,10-11,17,19-20H,1-3,8-9H2. The Labute approximate surface area is 124 Å². The molecule has 2 N–H and O–H groups in total. The molecule has 1 aliphatic carbocycles. The first-order valence-corrected chi connectivity index (χ1v) is 7.64. The molecule has 0 bridgehead atoms. The lowest BCUT2D eigenvalue weighted by atomic mass is 9.87. The van der Waals surface area contributed by atoms with Crippen molar-refractivity contribution in [2.75, 3.05) is 11.9 Å². The fourth-order valence-electron chi connectivity index (χ4n) is 3.43. The molecule has 0 saturated carbocycles. The van der Waals surface area contributed by atoms with E-state index in [2.05, 4.69) is 29.6 Å². The quantitative estimate of drug-likeness (QED) is 0.879. The molecule has 0 saturated heterocycles. The van der Waals surface area contributed by atoms with Crippen LogP contribution in [0.5, 0.6) is 11.5 Å². The summed E-state index contributed by atoms with van der Waals surface area (Å²) < 4.78 is 5.56. The predicted octanol–water partition coefficient (Wildman–Crippen LogP) is 3.82. The molecule has 3 heteroatoms. The van der Waals surface area contributed by atoms with Crippen molar-refractivity contribution in [1.29, 1.82) is 0 Å². The van der Waals surface area contributed by atoms with Crippen LogP contribution < -0.4 is 10.1 Å². The molecule has 0 amide bonds. The largest absolute Gasteiger partial charge is 0.508 e. The first-order chi connectivity index (χ1) is 10.3. The lowest BCUT2D eigenvalue weighted by Gasteiger charge is -2.27. The zero-order valence-electron chi connectivity index (χ0n) is 11.9. The van der Waals surface area contributed by atoms with Crippen molar-refractivity contribution in [2.24, 2.45) is 0 Å². The van der Waals surface area contributed by atoms with E-state index in [4.69, 9.17) is 4.74 Å². The maximum absolute atomic E-state index is 9.64. The summed E-state index contributed by atoms with van der Waals surface area (Å²) in [5.41, 5.74) is 5.03. The van der Waals surface area contributed by atoms with Gasteiger partial charge in [0.2, 0.25) is 0 Å². The van der Waals surface area contributed by atoms with E-state index in [1.54, 1.807) is 6.07 Å². The number of aryl methyl sites for hydroxylation is 1. The maximum Gasteiger partial charge on any atom is 0.122 e. The molecular formula is C18H19NO2. The van der Waals surface area contributed by atoms with Gasteiger partial charge in [0.15, 0.2) is 0 Å². The summed E-state index contributed by atoms with van der Waals surface area (Å²) in [7, 11) is 0. The van der Waals surface area contributed by atoms with Gasteiger partial charge in [0.25, 0.3) is 0 Å². The normalized spacial score (nSPS) is 19.5. The predicted molar refractivity (Wildman–Crippen MR) is 83.0 cm³/mol. The van der Waals surface area contributed by atoms with E-state index in [0.29, 0.717) is 11.8 Å². The van der Waals surface area contributed by atoms with E-state index >= 15 is 0 Å². The van der Waals surface area contributed by atoms with E-state index in [0.717, 1.165) is 43.7 Å². The van der Waals surface area contributed by atoms with Gasteiger partial charge in [-0.05, 0) is 66.3 Å². The molecule has 0 aromatic heterocycles. The summed E-state index contributed by atoms with van der Waals surface area (Å²) >= 11 is 0. The average molecular weight is 281 g/mol. The van der Waals surface area contributed by atoms with Crippen LogP contribution in [0.25, 0.3) is 0 Å². The Balaban J connectivity index is 1.61. The van der Waals surface area contributed by atoms with Gasteiger partial charge >= 0.3 is 0 Å². The number of fused-ring (bicyclic) bond motifs is 2. The highest BCUT2D eigenvalue weighted by molar-refractivity contribution is 5.54. The number of rotatable bonds is 2. The fourth-order valence-corrected chi connectivity index (χ4v) is 3.43. The van der Waals surface area contributed by atoms with Gasteiger partial charge < -0.3 is 15.2 Å². The third-order valence-corrected chi connectivity index (χ3v) is 4.47. The van der Waals surface area contributed by atoms with Gasteiger partial charge in [-0.1, -0.05) is 6.07 Å². The van der Waals surface area contributed by atoms with Gasteiger partial charge in [-0.2, -0.15) is 0 Å². The molecule has 0 fully saturated rings. The molecule has 21 heavy (non-hydrogen) atoms. The number of ether oxygens (including phenoxy) is 1. The van der Waals surface area contributed by atoms with Crippen LogP contribution in [0.4, 0.5) is 5.69 Å². The first-order valence-electron chi connectivity index (χ1n) is 7.64. The highest BCUT2D eigenvalue weighted by Gasteiger charge is 2.21. The zero-order valence-corrected chi connectivity index (χ0v) is 11.9. The van der Waals surface area contributed by atoms with Crippen molar-refractivity contribution >= 4 is 5.69 Å². The average Bonchev–Trinajstić information content (AvgIpc) is 2.95. The fraction of sp³-hybridized carbons (Fsp3) is 0.333. The summed E-state index contributed by atoms with van der Waals surface area (Å²) in [6.07, 6.45) is 4.34. The number of hydrogen-bond donors (Lipinski definition) is 2. The number of anilines is 1. The van der Waals surface area contributed by atoms with Crippen LogP contribution in [0.3, 0.4) is 0 Å². The van der Waals surface area contributed by atoms with Crippen molar-refractivity contribution in [3.05, 3.63) is 53.1 Å². The number of nitrogens with one attached hydrogen (secondary N) is 1. The van der Waals surface area contributed by atoms with E-state index in [-0.39, 0.29) is 0 Å². The topological polar surface area (TPSA) is 41.5 Å². The SMILES string of the molecule is Oc1ccc2c(c1)CCCC2Nc1ccc2c(c1)CCO2. The van der Waals surface area contributed by atoms with E-state index in [1.807, 2.05) is 6.07 Å². The Morgan fingerprint density at radius 2 is 2.00 bits per heavy atom. The number of benzene rings is 2. The van der Waals surface area contributed by atoms with Gasteiger partial charge in [0.1, 0.15) is 11.5 Å². The van der Waals surface area contributed by atoms with Crippen LogP contribution in [0.15, 0.2) is 36.4 Å². The molecule has 1 atom stereocenters. The van der Waals surface area contributed by atoms with Crippen molar-refractivity contribution < 1.29 is 9.84 Å². The lowest BCUT2D eigenvalue weighted by Crippen LogP contribution is -2.17. The third-order valence-electron chi connectivity index (χ3n) is 4.47. The highest BCUT2D eigenvalue weighted by Crippen LogP contribution is 2.35. The summed E-state index contributed by atoms with van der Waals surface area (Å²) in [5, 5.41) is 13.3. The minimum Gasteiger partial charge on any atom is -0.508 e.